The van der Waals surface area contributed by atoms with E-state index in [2.05, 4.69) is 25.5 Å². The van der Waals surface area contributed by atoms with Crippen LogP contribution in [-0.4, -0.2) is 44.6 Å². The number of allylic oxidation sites excluding steroid dienone is 4. The Morgan fingerprint density at radius 3 is 2.44 bits per heavy atom. The molecule has 198 valence electrons. The van der Waals surface area contributed by atoms with Crippen molar-refractivity contribution in [2.75, 3.05) is 0 Å². The van der Waals surface area contributed by atoms with Gasteiger partial charge >= 0.3 is 6.18 Å². The summed E-state index contributed by atoms with van der Waals surface area (Å²) < 4.78 is 47.1. The molecular weight excluding hydrogens is 509 g/mol. The summed E-state index contributed by atoms with van der Waals surface area (Å²) in [7, 11) is 0. The van der Waals surface area contributed by atoms with Gasteiger partial charge in [-0.15, -0.1) is 10.2 Å². The Morgan fingerprint density at radius 2 is 1.72 bits per heavy atom. The van der Waals surface area contributed by atoms with Crippen molar-refractivity contribution >= 4 is 29.4 Å². The molecule has 0 aromatic carbocycles. The molecule has 7 rings (SSSR count). The fourth-order valence-corrected chi connectivity index (χ4v) is 5.31. The summed E-state index contributed by atoms with van der Waals surface area (Å²) in [6.07, 6.45) is 9.63. The molecule has 2 atom stereocenters. The number of halogens is 3. The molecule has 8 nitrogen and oxygen atoms in total. The van der Waals surface area contributed by atoms with Crippen molar-refractivity contribution in [3.8, 4) is 0 Å². The molecule has 5 aliphatic rings. The van der Waals surface area contributed by atoms with E-state index in [9.17, 15) is 18.0 Å². The molecule has 2 unspecified atom stereocenters. The number of carbonyl (C=O) groups is 1. The third kappa shape index (κ3) is 3.63. The number of carbonyl (C=O) groups excluding carboxylic acids is 1. The molecule has 2 N–H and O–H groups in total. The van der Waals surface area contributed by atoms with Crippen molar-refractivity contribution in [3.05, 3.63) is 82.5 Å². The van der Waals surface area contributed by atoms with Crippen LogP contribution in [0.4, 0.5) is 13.2 Å². The van der Waals surface area contributed by atoms with Crippen molar-refractivity contribution < 1.29 is 22.4 Å². The zero-order valence-electron chi connectivity index (χ0n) is 21.0. The quantitative estimate of drug-likeness (QED) is 0.619. The van der Waals surface area contributed by atoms with Crippen LogP contribution < -0.4 is 16.0 Å². The van der Waals surface area contributed by atoms with E-state index < -0.39 is 34.5 Å². The smallest absolute Gasteiger partial charge is 0.403 e. The van der Waals surface area contributed by atoms with Gasteiger partial charge in [0, 0.05) is 16.4 Å². The van der Waals surface area contributed by atoms with Crippen LogP contribution in [0.1, 0.15) is 38.5 Å². The first-order valence-electron chi connectivity index (χ1n) is 12.6. The van der Waals surface area contributed by atoms with Crippen LogP contribution in [0.2, 0.25) is 0 Å². The zero-order valence-corrected chi connectivity index (χ0v) is 21.0. The molecule has 0 radical (unpaired) electrons. The second-order valence-electron chi connectivity index (χ2n) is 11.0. The fourth-order valence-electron chi connectivity index (χ4n) is 5.31. The number of rotatable bonds is 2. The van der Waals surface area contributed by atoms with E-state index >= 15 is 0 Å². The van der Waals surface area contributed by atoms with Crippen LogP contribution in [0.25, 0.3) is 12.2 Å². The van der Waals surface area contributed by atoms with Gasteiger partial charge in [0.2, 0.25) is 5.89 Å². The third-order valence-electron chi connectivity index (χ3n) is 7.90. The lowest BCUT2D eigenvalue weighted by atomic mass is 9.83. The number of hydrogen-bond acceptors (Lipinski definition) is 7. The van der Waals surface area contributed by atoms with Gasteiger partial charge in [0.15, 0.2) is 11.3 Å². The summed E-state index contributed by atoms with van der Waals surface area (Å²) in [5, 5.41) is 12.8. The maximum atomic E-state index is 13.8. The number of aliphatic imine (C=N–C) groups is 2. The van der Waals surface area contributed by atoms with Gasteiger partial charge in [-0.05, 0) is 87.4 Å². The monoisotopic (exact) mass is 532 g/mol. The van der Waals surface area contributed by atoms with Crippen molar-refractivity contribution in [2.24, 2.45) is 15.4 Å². The first kappa shape index (κ1) is 23.8. The second kappa shape index (κ2) is 7.64. The van der Waals surface area contributed by atoms with Gasteiger partial charge in [-0.3, -0.25) is 9.79 Å². The molecular formula is C28H23F3N6O2. The van der Waals surface area contributed by atoms with Crippen LogP contribution in [0.15, 0.2) is 74.4 Å². The maximum absolute atomic E-state index is 13.8. The summed E-state index contributed by atoms with van der Waals surface area (Å²) >= 11 is 0. The van der Waals surface area contributed by atoms with Crippen LogP contribution >= 0.6 is 0 Å². The van der Waals surface area contributed by atoms with Crippen molar-refractivity contribution in [3.63, 3.8) is 0 Å². The summed E-state index contributed by atoms with van der Waals surface area (Å²) in [6, 6.07) is 3.14. The summed E-state index contributed by atoms with van der Waals surface area (Å²) in [5.41, 5.74) is -1.98. The minimum Gasteiger partial charge on any atom is -0.421 e. The normalized spacial score (nSPS) is 27.7. The number of aromatic nitrogens is 3. The first-order valence-corrected chi connectivity index (χ1v) is 12.6. The number of Topliss-reactive ketones (excluding diaryl/α,β-unsaturated/α-hetero) is 1. The van der Waals surface area contributed by atoms with Crippen molar-refractivity contribution in [2.45, 2.75) is 49.9 Å². The van der Waals surface area contributed by atoms with Crippen LogP contribution in [0.3, 0.4) is 0 Å². The largest absolute Gasteiger partial charge is 0.421 e. The Bertz CT molecular complexity index is 1740. The third-order valence-corrected chi connectivity index (χ3v) is 7.90. The van der Waals surface area contributed by atoms with Crippen LogP contribution in [-0.2, 0) is 15.7 Å². The molecule has 6 heterocycles. The van der Waals surface area contributed by atoms with Gasteiger partial charge in [-0.25, -0.2) is 4.99 Å². The van der Waals surface area contributed by atoms with E-state index in [-0.39, 0.29) is 24.5 Å². The van der Waals surface area contributed by atoms with Crippen LogP contribution in [0, 0.1) is 5.41 Å². The van der Waals surface area contributed by atoms with Gasteiger partial charge in [0.1, 0.15) is 11.5 Å². The number of nitrogens with one attached hydrogen (secondary N) is 2. The van der Waals surface area contributed by atoms with E-state index in [4.69, 9.17) is 9.41 Å². The molecule has 2 fully saturated rings. The lowest BCUT2D eigenvalue weighted by Gasteiger charge is -2.22. The van der Waals surface area contributed by atoms with Crippen molar-refractivity contribution in [1.29, 1.82) is 0 Å². The number of ketones is 1. The summed E-state index contributed by atoms with van der Waals surface area (Å²) in [6.45, 7) is 3.58. The van der Waals surface area contributed by atoms with Crippen LogP contribution in [0.5, 0.6) is 0 Å². The number of fused-ring (bicyclic) bond motifs is 6. The Morgan fingerprint density at radius 1 is 1.00 bits per heavy atom. The van der Waals surface area contributed by atoms with E-state index in [1.807, 2.05) is 36.4 Å². The fraction of sp³-hybridized carbons (Fsp3) is 0.321. The topological polar surface area (TPSA) is 109 Å². The first-order chi connectivity index (χ1) is 18.5. The molecule has 1 aliphatic carbocycles. The average molecular weight is 533 g/mol. The highest BCUT2D eigenvalue weighted by Gasteiger charge is 2.68. The molecule has 2 aromatic heterocycles. The van der Waals surface area contributed by atoms with Gasteiger partial charge in [-0.2, -0.15) is 13.2 Å². The molecule has 0 spiro atoms. The molecule has 1 saturated carbocycles. The van der Waals surface area contributed by atoms with E-state index in [0.29, 0.717) is 17.1 Å². The molecule has 11 heteroatoms. The standard InChI is InChI=1S/C28H23F3N6O2/c1-25(2)21-14-27(24-37-36-23(39-24)26(9-10-26)28(29,30)31)8-7-19(35-27)12-17-4-3-15(32-17)11-16-5-6-18(33-16)13-20(34-21)22(25)38/h3-8,11-14,20,32,34H,9-10H2,1-2H3. The Labute approximate surface area is 220 Å². The zero-order chi connectivity index (χ0) is 27.2. The number of aromatic amines is 1. The Hall–Kier alpha value is -4.28. The Kier molecular flexibility index (Phi) is 4.67. The van der Waals surface area contributed by atoms with Gasteiger partial charge in [0.05, 0.1) is 22.5 Å². The maximum Gasteiger partial charge on any atom is 0.403 e. The predicted octanol–water partition coefficient (Wildman–Crippen LogP) is 2.82. The van der Waals surface area contributed by atoms with E-state index in [0.717, 1.165) is 16.4 Å². The second-order valence-corrected chi connectivity index (χ2v) is 11.0. The minimum absolute atomic E-state index is 0.0756. The highest BCUT2D eigenvalue weighted by molar-refractivity contribution is 6.20. The van der Waals surface area contributed by atoms with E-state index in [1.54, 1.807) is 38.2 Å². The average Bonchev–Trinajstić information content (AvgIpc) is 3.33. The number of nitrogens with zero attached hydrogens (tertiary/aromatic N) is 4. The summed E-state index contributed by atoms with van der Waals surface area (Å²) in [4.78, 5) is 26.2. The Balaban J connectivity index is 1.42. The number of H-pyrrole nitrogens is 1. The van der Waals surface area contributed by atoms with Crippen molar-refractivity contribution in [1.82, 2.24) is 20.5 Å². The molecule has 0 amide bonds. The number of hydrogen-bond donors (Lipinski definition) is 2. The highest BCUT2D eigenvalue weighted by atomic mass is 19.4. The molecule has 2 aromatic rings. The highest BCUT2D eigenvalue weighted by Crippen LogP contribution is 2.58. The molecule has 1 saturated heterocycles. The lowest BCUT2D eigenvalue weighted by Crippen LogP contribution is -2.29. The van der Waals surface area contributed by atoms with Gasteiger partial charge in [-0.1, -0.05) is 0 Å². The lowest BCUT2D eigenvalue weighted by molar-refractivity contribution is -0.165. The predicted molar refractivity (Wildman–Crippen MR) is 137 cm³/mol. The molecule has 8 bridgehead atoms. The molecule has 39 heavy (non-hydrogen) atoms. The van der Waals surface area contributed by atoms with E-state index in [1.165, 1.54) is 0 Å². The minimum atomic E-state index is -4.50. The van der Waals surface area contributed by atoms with Gasteiger partial charge in [0.25, 0.3) is 5.89 Å². The SMILES string of the molecule is CC1(C)C(=O)C2C=C3C=CC(=N3)C=c3ccc([nH]3)=CC3=NC(c4nnc(C5(C(F)(F)F)CC5)o4)(C=C3)C=C1N2. The molecule has 4 aliphatic heterocycles. The van der Waals surface area contributed by atoms with Gasteiger partial charge < -0.3 is 14.7 Å². The number of alkyl halides is 3. The summed E-state index contributed by atoms with van der Waals surface area (Å²) in [5.74, 6) is -0.635.